The second-order valence-corrected chi connectivity index (χ2v) is 8.11. The highest BCUT2D eigenvalue weighted by molar-refractivity contribution is 7.99. The first-order valence-electron chi connectivity index (χ1n) is 9.33. The van der Waals surface area contributed by atoms with E-state index in [0.29, 0.717) is 11.1 Å². The fourth-order valence-corrected chi connectivity index (χ4v) is 4.38. The summed E-state index contributed by atoms with van der Waals surface area (Å²) >= 11 is 1.30. The Hall–Kier alpha value is -2.35. The highest BCUT2D eigenvalue weighted by Crippen LogP contribution is 2.40. The van der Waals surface area contributed by atoms with Crippen LogP contribution >= 0.6 is 11.8 Å². The van der Waals surface area contributed by atoms with Gasteiger partial charge in [0.05, 0.1) is 11.8 Å². The minimum Gasteiger partial charge on any atom is -0.368 e. The third-order valence-corrected chi connectivity index (χ3v) is 6.01. The van der Waals surface area contributed by atoms with Crippen molar-refractivity contribution in [2.75, 3.05) is 5.75 Å². The van der Waals surface area contributed by atoms with Crippen molar-refractivity contribution in [3.63, 3.8) is 0 Å². The third-order valence-electron chi connectivity index (χ3n) is 5.04. The van der Waals surface area contributed by atoms with Gasteiger partial charge in [0.1, 0.15) is 12.4 Å². The molecule has 8 heteroatoms. The predicted octanol–water partition coefficient (Wildman–Crippen LogP) is 1.93. The molecule has 2 aliphatic rings. The van der Waals surface area contributed by atoms with Crippen molar-refractivity contribution in [3.8, 4) is 0 Å². The molecule has 2 aromatic rings. The SMILES string of the molecule is NC(=O)Cn1c(SCC(=O)NC2CCCc3ccccc32)nnc1C1CC1. The van der Waals surface area contributed by atoms with Gasteiger partial charge in [-0.3, -0.25) is 14.2 Å². The first-order valence-corrected chi connectivity index (χ1v) is 10.3. The van der Waals surface area contributed by atoms with E-state index in [9.17, 15) is 9.59 Å². The fourth-order valence-electron chi connectivity index (χ4n) is 3.62. The first-order chi connectivity index (χ1) is 13.1. The quantitative estimate of drug-likeness (QED) is 0.709. The lowest BCUT2D eigenvalue weighted by molar-refractivity contribution is -0.119. The summed E-state index contributed by atoms with van der Waals surface area (Å²) in [5, 5.41) is 12.1. The molecule has 0 radical (unpaired) electrons. The predicted molar refractivity (Wildman–Crippen MR) is 102 cm³/mol. The maximum Gasteiger partial charge on any atom is 0.237 e. The first kappa shape index (κ1) is 18.0. The van der Waals surface area contributed by atoms with Crippen molar-refractivity contribution in [3.05, 3.63) is 41.2 Å². The maximum atomic E-state index is 12.5. The highest BCUT2D eigenvalue weighted by Gasteiger charge is 2.31. The van der Waals surface area contributed by atoms with Crippen LogP contribution in [0.1, 0.15) is 54.6 Å². The molecular formula is C19H23N5O2S. The minimum absolute atomic E-state index is 0.0386. The topological polar surface area (TPSA) is 103 Å². The van der Waals surface area contributed by atoms with Crippen LogP contribution in [0.25, 0.3) is 0 Å². The summed E-state index contributed by atoms with van der Waals surface area (Å²) in [5.74, 6) is 0.932. The van der Waals surface area contributed by atoms with Crippen LogP contribution in [0.5, 0.6) is 0 Å². The number of fused-ring (bicyclic) bond motifs is 1. The van der Waals surface area contributed by atoms with Gasteiger partial charge in [-0.05, 0) is 43.2 Å². The summed E-state index contributed by atoms with van der Waals surface area (Å²) in [4.78, 5) is 23.9. The number of rotatable bonds is 7. The molecule has 1 saturated carbocycles. The Bertz CT molecular complexity index is 862. The average Bonchev–Trinajstić information content (AvgIpc) is 3.42. The number of nitrogens with two attached hydrogens (primary N) is 1. The van der Waals surface area contributed by atoms with E-state index in [1.807, 2.05) is 12.1 Å². The Balaban J connectivity index is 1.39. The molecule has 7 nitrogen and oxygen atoms in total. The highest BCUT2D eigenvalue weighted by atomic mass is 32.2. The molecule has 1 heterocycles. The maximum absolute atomic E-state index is 12.5. The molecule has 2 aliphatic carbocycles. The number of hydrogen-bond acceptors (Lipinski definition) is 5. The second kappa shape index (κ2) is 7.72. The number of primary amides is 1. The molecule has 4 rings (SSSR count). The number of thioether (sulfide) groups is 1. The van der Waals surface area contributed by atoms with E-state index in [4.69, 9.17) is 5.73 Å². The third kappa shape index (κ3) is 4.16. The molecule has 142 valence electrons. The molecule has 3 N–H and O–H groups in total. The number of nitrogens with zero attached hydrogens (tertiary/aromatic N) is 3. The molecule has 1 unspecified atom stereocenters. The van der Waals surface area contributed by atoms with Crippen LogP contribution in [0.2, 0.25) is 0 Å². The summed E-state index contributed by atoms with van der Waals surface area (Å²) in [6.07, 6.45) is 5.22. The van der Waals surface area contributed by atoms with Crippen LogP contribution in [0, 0.1) is 0 Å². The van der Waals surface area contributed by atoms with Gasteiger partial charge in [-0.1, -0.05) is 36.0 Å². The second-order valence-electron chi connectivity index (χ2n) is 7.17. The number of carbonyl (C=O) groups excluding carboxylic acids is 2. The Morgan fingerprint density at radius 2 is 2.04 bits per heavy atom. The van der Waals surface area contributed by atoms with Gasteiger partial charge in [0.2, 0.25) is 11.8 Å². The summed E-state index contributed by atoms with van der Waals surface area (Å²) in [6.45, 7) is 0.0544. The van der Waals surface area contributed by atoms with Gasteiger partial charge in [-0.2, -0.15) is 0 Å². The Labute approximate surface area is 162 Å². The van der Waals surface area contributed by atoms with E-state index in [1.165, 1.54) is 22.9 Å². The van der Waals surface area contributed by atoms with Crippen molar-refractivity contribution in [1.82, 2.24) is 20.1 Å². The summed E-state index contributed by atoms with van der Waals surface area (Å²) in [5.41, 5.74) is 7.90. The van der Waals surface area contributed by atoms with Crippen molar-refractivity contribution < 1.29 is 9.59 Å². The number of benzene rings is 1. The number of aryl methyl sites for hydroxylation is 1. The standard InChI is InChI=1S/C19H23N5O2S/c20-16(25)10-24-18(13-8-9-13)22-23-19(24)27-11-17(26)21-15-7-3-5-12-4-1-2-6-14(12)15/h1-2,4,6,13,15H,3,5,7-11H2,(H2,20,25)(H,21,26). The zero-order valence-corrected chi connectivity index (χ0v) is 15.9. The van der Waals surface area contributed by atoms with Gasteiger partial charge < -0.3 is 11.1 Å². The van der Waals surface area contributed by atoms with Crippen LogP contribution in [0.15, 0.2) is 29.4 Å². The normalized spacial score (nSPS) is 18.7. The zero-order valence-electron chi connectivity index (χ0n) is 15.1. The summed E-state index contributed by atoms with van der Waals surface area (Å²) < 4.78 is 1.76. The van der Waals surface area contributed by atoms with Crippen LogP contribution in [-0.2, 0) is 22.6 Å². The molecule has 0 bridgehead atoms. The van der Waals surface area contributed by atoms with E-state index in [0.717, 1.165) is 37.9 Å². The Morgan fingerprint density at radius 3 is 2.81 bits per heavy atom. The van der Waals surface area contributed by atoms with E-state index in [1.54, 1.807) is 4.57 Å². The molecule has 0 saturated heterocycles. The molecule has 1 atom stereocenters. The van der Waals surface area contributed by atoms with Crippen LogP contribution in [0.3, 0.4) is 0 Å². The number of nitrogens with one attached hydrogen (secondary N) is 1. The molecule has 1 fully saturated rings. The monoisotopic (exact) mass is 385 g/mol. The number of amides is 2. The van der Waals surface area contributed by atoms with Gasteiger partial charge in [0.15, 0.2) is 5.16 Å². The van der Waals surface area contributed by atoms with E-state index in [2.05, 4.69) is 27.6 Å². The molecule has 1 aromatic carbocycles. The van der Waals surface area contributed by atoms with E-state index >= 15 is 0 Å². The Kier molecular flexibility index (Phi) is 5.15. The van der Waals surface area contributed by atoms with Gasteiger partial charge in [0, 0.05) is 5.92 Å². The van der Waals surface area contributed by atoms with Crippen molar-refractivity contribution in [2.45, 2.75) is 55.8 Å². The van der Waals surface area contributed by atoms with Gasteiger partial charge in [-0.25, -0.2) is 0 Å². The van der Waals surface area contributed by atoms with Gasteiger partial charge >= 0.3 is 0 Å². The van der Waals surface area contributed by atoms with Crippen molar-refractivity contribution in [2.24, 2.45) is 5.73 Å². The number of hydrogen-bond donors (Lipinski definition) is 2. The molecule has 27 heavy (non-hydrogen) atoms. The lowest BCUT2D eigenvalue weighted by atomic mass is 9.88. The van der Waals surface area contributed by atoms with Gasteiger partial charge in [0.25, 0.3) is 0 Å². The van der Waals surface area contributed by atoms with Crippen LogP contribution < -0.4 is 11.1 Å². The number of aromatic nitrogens is 3. The van der Waals surface area contributed by atoms with Crippen molar-refractivity contribution >= 4 is 23.6 Å². The lowest BCUT2D eigenvalue weighted by Crippen LogP contribution is -2.32. The van der Waals surface area contributed by atoms with Crippen molar-refractivity contribution in [1.29, 1.82) is 0 Å². The summed E-state index contributed by atoms with van der Waals surface area (Å²) in [7, 11) is 0. The van der Waals surface area contributed by atoms with E-state index < -0.39 is 5.91 Å². The van der Waals surface area contributed by atoms with E-state index in [-0.39, 0.29) is 24.2 Å². The smallest absolute Gasteiger partial charge is 0.237 e. The largest absolute Gasteiger partial charge is 0.368 e. The molecule has 2 amide bonds. The molecule has 0 aliphatic heterocycles. The molecular weight excluding hydrogens is 362 g/mol. The van der Waals surface area contributed by atoms with Crippen LogP contribution in [0.4, 0.5) is 0 Å². The zero-order chi connectivity index (χ0) is 18.8. The lowest BCUT2D eigenvalue weighted by Gasteiger charge is -2.26. The van der Waals surface area contributed by atoms with Gasteiger partial charge in [-0.15, -0.1) is 10.2 Å². The van der Waals surface area contributed by atoms with Crippen LogP contribution in [-0.4, -0.2) is 32.3 Å². The number of carbonyl (C=O) groups is 2. The molecule has 1 aromatic heterocycles. The Morgan fingerprint density at radius 1 is 1.22 bits per heavy atom. The fraction of sp³-hybridized carbons (Fsp3) is 0.474. The summed E-state index contributed by atoms with van der Waals surface area (Å²) in [6, 6.07) is 8.35. The average molecular weight is 385 g/mol. The minimum atomic E-state index is -0.429. The molecule has 0 spiro atoms.